The summed E-state index contributed by atoms with van der Waals surface area (Å²) in [5, 5.41) is 5.33. The van der Waals surface area contributed by atoms with Crippen LogP contribution in [0.3, 0.4) is 0 Å². The number of aromatic nitrogens is 4. The fraction of sp³-hybridized carbons (Fsp3) is 0.583. The average Bonchev–Trinajstić information content (AvgIpc) is 2.73. The number of aryl methyl sites for hydroxylation is 1. The molecule has 0 spiro atoms. The second kappa shape index (κ2) is 5.23. The normalized spacial score (nSPS) is 15.2. The zero-order valence-electron chi connectivity index (χ0n) is 10.6. The van der Waals surface area contributed by atoms with Gasteiger partial charge in [0.15, 0.2) is 5.65 Å². The molecule has 2 aromatic rings. The van der Waals surface area contributed by atoms with Crippen molar-refractivity contribution in [2.24, 2.45) is 0 Å². The Morgan fingerprint density at radius 3 is 2.71 bits per heavy atom. The molecule has 0 aliphatic carbocycles. The fourth-order valence-corrected chi connectivity index (χ4v) is 1.67. The van der Waals surface area contributed by atoms with Gasteiger partial charge in [0.2, 0.25) is 0 Å². The lowest BCUT2D eigenvalue weighted by Gasteiger charge is -2.26. The maximum Gasteiger partial charge on any atom is 0.161 e. The summed E-state index contributed by atoms with van der Waals surface area (Å²) in [6, 6.07) is 0.349. The van der Waals surface area contributed by atoms with Crippen molar-refractivity contribution in [1.29, 1.82) is 0 Å². The summed E-state index contributed by atoms with van der Waals surface area (Å²) < 4.78 is 7.10. The molecule has 3 heterocycles. The maximum absolute atomic E-state index is 5.16. The molecule has 0 N–H and O–H groups in total. The monoisotopic (exact) mass is 234 g/mol. The summed E-state index contributed by atoms with van der Waals surface area (Å²) in [5.41, 5.74) is 0.926. The highest BCUT2D eigenvalue weighted by Crippen LogP contribution is 2.21. The molecule has 0 aromatic carbocycles. The second-order valence-corrected chi connectivity index (χ2v) is 3.70. The molecule has 92 valence electrons. The van der Waals surface area contributed by atoms with Crippen LogP contribution in [0, 0.1) is 0 Å². The number of nitrogens with zero attached hydrogens (tertiary/aromatic N) is 4. The van der Waals surface area contributed by atoms with Gasteiger partial charge in [-0.3, -0.25) is 0 Å². The lowest BCUT2D eigenvalue weighted by atomic mass is 10.2. The van der Waals surface area contributed by atoms with Crippen molar-refractivity contribution in [3.05, 3.63) is 18.2 Å². The Hall–Kier alpha value is -1.49. The lowest BCUT2D eigenvalue weighted by molar-refractivity contribution is -0.0269. The Balaban J connectivity index is 0.000000514. The van der Waals surface area contributed by atoms with Gasteiger partial charge >= 0.3 is 0 Å². The lowest BCUT2D eigenvalue weighted by Crippen LogP contribution is -2.31. The molecule has 0 saturated carbocycles. The van der Waals surface area contributed by atoms with Crippen molar-refractivity contribution in [3.8, 4) is 0 Å². The molecular formula is C12H18N4O. The van der Waals surface area contributed by atoms with Crippen molar-refractivity contribution in [2.75, 3.05) is 13.2 Å². The largest absolute Gasteiger partial charge is 0.377 e. The van der Waals surface area contributed by atoms with E-state index in [1.54, 1.807) is 0 Å². The van der Waals surface area contributed by atoms with Crippen LogP contribution in [0.1, 0.15) is 32.6 Å². The molecule has 5 nitrogen and oxygen atoms in total. The predicted octanol–water partition coefficient (Wildman–Crippen LogP) is 1.99. The number of hydrogen-bond donors (Lipinski definition) is 0. The number of hydrogen-bond acceptors (Lipinski definition) is 4. The molecule has 0 radical (unpaired) electrons. The molecule has 2 aromatic heterocycles. The van der Waals surface area contributed by atoms with Crippen molar-refractivity contribution in [3.63, 3.8) is 0 Å². The van der Waals surface area contributed by atoms with Crippen LogP contribution in [-0.4, -0.2) is 33.0 Å². The molecule has 0 bridgehead atoms. The topological polar surface area (TPSA) is 52.8 Å². The van der Waals surface area contributed by atoms with E-state index in [1.807, 2.05) is 37.8 Å². The number of ether oxygens (including phenoxy) is 1. The van der Waals surface area contributed by atoms with E-state index in [4.69, 9.17) is 4.74 Å². The molecule has 0 amide bonds. The standard InChI is InChI=1S/C10H12N4O.C2H6/c1-2-9-11-3-7-4-12-14(10(7)13-9)8-5-15-6-8;1-2/h3-4,8H,2,5-6H2,1H3;1-2H3. The molecule has 17 heavy (non-hydrogen) atoms. The van der Waals surface area contributed by atoms with Gasteiger partial charge in [0, 0.05) is 12.6 Å². The van der Waals surface area contributed by atoms with E-state index >= 15 is 0 Å². The third-order valence-electron chi connectivity index (χ3n) is 2.67. The van der Waals surface area contributed by atoms with Gasteiger partial charge in [-0.25, -0.2) is 14.6 Å². The summed E-state index contributed by atoms with van der Waals surface area (Å²) in [7, 11) is 0. The minimum atomic E-state index is 0.349. The molecule has 3 rings (SSSR count). The molecular weight excluding hydrogens is 216 g/mol. The molecule has 5 heteroatoms. The van der Waals surface area contributed by atoms with Gasteiger partial charge in [0.1, 0.15) is 11.9 Å². The zero-order valence-corrected chi connectivity index (χ0v) is 10.6. The number of fused-ring (bicyclic) bond motifs is 1. The van der Waals surface area contributed by atoms with Gasteiger partial charge < -0.3 is 4.74 Å². The van der Waals surface area contributed by atoms with Crippen LogP contribution in [0.4, 0.5) is 0 Å². The quantitative estimate of drug-likeness (QED) is 0.797. The summed E-state index contributed by atoms with van der Waals surface area (Å²) in [4.78, 5) is 8.74. The molecule has 1 aliphatic heterocycles. The van der Waals surface area contributed by atoms with Gasteiger partial charge in [-0.05, 0) is 0 Å². The van der Waals surface area contributed by atoms with Crippen LogP contribution >= 0.6 is 0 Å². The third-order valence-corrected chi connectivity index (χ3v) is 2.67. The highest BCUT2D eigenvalue weighted by molar-refractivity contribution is 5.73. The van der Waals surface area contributed by atoms with E-state index in [1.165, 1.54) is 0 Å². The van der Waals surface area contributed by atoms with E-state index in [-0.39, 0.29) is 0 Å². The van der Waals surface area contributed by atoms with Crippen molar-refractivity contribution in [2.45, 2.75) is 33.2 Å². The molecule has 1 fully saturated rings. The first-order valence-electron chi connectivity index (χ1n) is 6.15. The summed E-state index contributed by atoms with van der Waals surface area (Å²) in [6.45, 7) is 7.53. The molecule has 0 atom stereocenters. The van der Waals surface area contributed by atoms with Crippen LogP contribution in [0.2, 0.25) is 0 Å². The van der Waals surface area contributed by atoms with Crippen LogP contribution in [0.15, 0.2) is 12.4 Å². The van der Waals surface area contributed by atoms with E-state index in [9.17, 15) is 0 Å². The minimum Gasteiger partial charge on any atom is -0.377 e. The van der Waals surface area contributed by atoms with Gasteiger partial charge in [0.25, 0.3) is 0 Å². The summed E-state index contributed by atoms with van der Waals surface area (Å²) >= 11 is 0. The van der Waals surface area contributed by atoms with Crippen molar-refractivity contribution >= 4 is 11.0 Å². The summed E-state index contributed by atoms with van der Waals surface area (Å²) in [5.74, 6) is 0.865. The highest BCUT2D eigenvalue weighted by Gasteiger charge is 2.23. The molecule has 1 saturated heterocycles. The Morgan fingerprint density at radius 2 is 2.12 bits per heavy atom. The first-order valence-corrected chi connectivity index (χ1v) is 6.15. The second-order valence-electron chi connectivity index (χ2n) is 3.70. The van der Waals surface area contributed by atoms with Gasteiger partial charge in [0.05, 0.1) is 24.8 Å². The van der Waals surface area contributed by atoms with E-state index < -0.39 is 0 Å². The Morgan fingerprint density at radius 1 is 1.35 bits per heavy atom. The smallest absolute Gasteiger partial charge is 0.161 e. The first kappa shape index (κ1) is 12.0. The maximum atomic E-state index is 5.16. The first-order chi connectivity index (χ1) is 8.38. The average molecular weight is 234 g/mol. The Kier molecular flexibility index (Phi) is 3.68. The predicted molar refractivity (Wildman–Crippen MR) is 65.9 cm³/mol. The van der Waals surface area contributed by atoms with E-state index in [0.29, 0.717) is 6.04 Å². The summed E-state index contributed by atoms with van der Waals surface area (Å²) in [6.07, 6.45) is 4.50. The van der Waals surface area contributed by atoms with E-state index in [0.717, 1.165) is 36.5 Å². The van der Waals surface area contributed by atoms with Crippen LogP contribution in [-0.2, 0) is 11.2 Å². The SMILES string of the molecule is CC.CCc1ncc2cnn(C3COC3)c2n1. The Labute approximate surface area is 101 Å². The van der Waals surface area contributed by atoms with Gasteiger partial charge in [-0.1, -0.05) is 20.8 Å². The minimum absolute atomic E-state index is 0.349. The Bertz CT molecular complexity index is 490. The van der Waals surface area contributed by atoms with Crippen molar-refractivity contribution in [1.82, 2.24) is 19.7 Å². The highest BCUT2D eigenvalue weighted by atomic mass is 16.5. The molecule has 1 aliphatic rings. The number of rotatable bonds is 2. The van der Waals surface area contributed by atoms with Crippen LogP contribution in [0.5, 0.6) is 0 Å². The fourth-order valence-electron chi connectivity index (χ4n) is 1.67. The molecule has 0 unspecified atom stereocenters. The third kappa shape index (κ3) is 2.15. The van der Waals surface area contributed by atoms with Crippen molar-refractivity contribution < 1.29 is 4.74 Å². The zero-order chi connectivity index (χ0) is 12.3. The van der Waals surface area contributed by atoms with Gasteiger partial charge in [-0.2, -0.15) is 5.10 Å². The van der Waals surface area contributed by atoms with Crippen LogP contribution in [0.25, 0.3) is 11.0 Å². The van der Waals surface area contributed by atoms with E-state index in [2.05, 4.69) is 15.1 Å². The van der Waals surface area contributed by atoms with Gasteiger partial charge in [-0.15, -0.1) is 0 Å². The van der Waals surface area contributed by atoms with Crippen LogP contribution < -0.4 is 0 Å².